The zero-order valence-corrected chi connectivity index (χ0v) is 22.8. The Morgan fingerprint density at radius 2 is 1.20 bits per heavy atom. The molecule has 2 saturated carbocycles. The summed E-state index contributed by atoms with van der Waals surface area (Å²) in [5.41, 5.74) is 1.55. The van der Waals surface area contributed by atoms with E-state index in [-0.39, 0.29) is 29.4 Å². The van der Waals surface area contributed by atoms with Crippen molar-refractivity contribution >= 4 is 7.85 Å². The molecule has 5 rings (SSSR count). The summed E-state index contributed by atoms with van der Waals surface area (Å²) in [6, 6.07) is 12.5. The van der Waals surface area contributed by atoms with Crippen LogP contribution in [0.2, 0.25) is 6.32 Å². The maximum atomic E-state index is 15.3. The molecule has 2 fully saturated rings. The van der Waals surface area contributed by atoms with Gasteiger partial charge in [0, 0.05) is 11.1 Å². The van der Waals surface area contributed by atoms with Gasteiger partial charge in [0.2, 0.25) is 5.82 Å². The van der Waals surface area contributed by atoms with Crippen molar-refractivity contribution in [3.8, 4) is 28.0 Å². The third-order valence-electron chi connectivity index (χ3n) is 9.13. The molecule has 6 heteroatoms. The minimum absolute atomic E-state index is 0.0267. The molecule has 1 nitrogen and oxygen atoms in total. The van der Waals surface area contributed by atoms with Gasteiger partial charge in [-0.05, 0) is 91.0 Å². The molecule has 0 unspecified atom stereocenters. The quantitative estimate of drug-likeness (QED) is 0.155. The second kappa shape index (κ2) is 12.7. The molecule has 2 aliphatic rings. The first-order valence-electron chi connectivity index (χ1n) is 14.4. The average molecular weight is 546 g/mol. The monoisotopic (exact) mass is 546 g/mol. The molecule has 0 heterocycles. The summed E-state index contributed by atoms with van der Waals surface area (Å²) in [5, 5.41) is 0. The maximum absolute atomic E-state index is 15.3. The van der Waals surface area contributed by atoms with E-state index in [9.17, 15) is 8.78 Å². The summed E-state index contributed by atoms with van der Waals surface area (Å²) >= 11 is 0. The summed E-state index contributed by atoms with van der Waals surface area (Å²) in [7, 11) is 5.84. The molecule has 0 aromatic heterocycles. The van der Waals surface area contributed by atoms with Crippen LogP contribution in [0.4, 0.5) is 17.6 Å². The lowest BCUT2D eigenvalue weighted by Crippen LogP contribution is -2.25. The Morgan fingerprint density at radius 3 is 1.75 bits per heavy atom. The number of hydrogen-bond acceptors (Lipinski definition) is 1. The second-order valence-electron chi connectivity index (χ2n) is 11.4. The molecule has 40 heavy (non-hydrogen) atoms. The minimum Gasteiger partial charge on any atom is -0.486 e. The average Bonchev–Trinajstić information content (AvgIpc) is 3.00. The molecule has 2 radical (unpaired) electrons. The summed E-state index contributed by atoms with van der Waals surface area (Å²) in [6.07, 6.45) is 11.0. The van der Waals surface area contributed by atoms with E-state index in [1.807, 2.05) is 0 Å². The topological polar surface area (TPSA) is 9.23 Å². The van der Waals surface area contributed by atoms with Crippen molar-refractivity contribution < 1.29 is 22.3 Å². The van der Waals surface area contributed by atoms with E-state index in [1.165, 1.54) is 43.9 Å². The van der Waals surface area contributed by atoms with E-state index in [0.717, 1.165) is 37.9 Å². The standard InChI is InChI=1S/C34H35BF4O/c1-2-19-40-30-18-17-29(33(38)34(30)39)26-13-11-25(12-14-26)28-16-15-27(31(36)32(28)37)24-9-7-23(8-10-24)22-5-3-21(20-35)4-6-22/h2,11-18,21-24H,1,3-10,19-20H2. The van der Waals surface area contributed by atoms with Crippen molar-refractivity contribution in [3.05, 3.63) is 90.0 Å². The molecule has 208 valence electrons. The molecule has 3 aromatic rings. The van der Waals surface area contributed by atoms with Crippen LogP contribution in [0.5, 0.6) is 5.75 Å². The van der Waals surface area contributed by atoms with Gasteiger partial charge in [0.1, 0.15) is 6.61 Å². The first-order chi connectivity index (χ1) is 19.4. The van der Waals surface area contributed by atoms with Crippen molar-refractivity contribution in [1.29, 1.82) is 0 Å². The minimum atomic E-state index is -1.08. The van der Waals surface area contributed by atoms with Crippen LogP contribution in [-0.2, 0) is 0 Å². The molecular formula is C34H35BF4O. The third-order valence-corrected chi connectivity index (χ3v) is 9.13. The van der Waals surface area contributed by atoms with Gasteiger partial charge in [-0.1, -0.05) is 68.2 Å². The van der Waals surface area contributed by atoms with Gasteiger partial charge >= 0.3 is 0 Å². The number of benzene rings is 3. The third kappa shape index (κ3) is 5.87. The fraction of sp³-hybridized carbons (Fsp3) is 0.412. The lowest BCUT2D eigenvalue weighted by atomic mass is 9.67. The highest BCUT2D eigenvalue weighted by atomic mass is 19.2. The summed E-state index contributed by atoms with van der Waals surface area (Å²) in [6.45, 7) is 3.55. The summed E-state index contributed by atoms with van der Waals surface area (Å²) in [4.78, 5) is 0. The Hall–Kier alpha value is -3.02. The number of hydrogen-bond donors (Lipinski definition) is 0. The van der Waals surface area contributed by atoms with Gasteiger partial charge in [0.15, 0.2) is 23.2 Å². The van der Waals surface area contributed by atoms with E-state index >= 15 is 8.78 Å². The van der Waals surface area contributed by atoms with Crippen molar-refractivity contribution in [2.75, 3.05) is 6.61 Å². The molecular weight excluding hydrogens is 511 g/mol. The van der Waals surface area contributed by atoms with Gasteiger partial charge in [-0.25, -0.2) is 13.2 Å². The lowest BCUT2D eigenvalue weighted by molar-refractivity contribution is 0.164. The largest absolute Gasteiger partial charge is 0.486 e. The molecule has 0 atom stereocenters. The van der Waals surface area contributed by atoms with Gasteiger partial charge in [-0.15, -0.1) is 0 Å². The van der Waals surface area contributed by atoms with E-state index in [2.05, 4.69) is 6.58 Å². The maximum Gasteiger partial charge on any atom is 0.201 e. The first-order valence-corrected chi connectivity index (χ1v) is 14.4. The van der Waals surface area contributed by atoms with Gasteiger partial charge in [-0.3, -0.25) is 0 Å². The molecule has 0 bridgehead atoms. The molecule has 0 saturated heterocycles. The second-order valence-corrected chi connectivity index (χ2v) is 11.4. The Morgan fingerprint density at radius 1 is 0.675 bits per heavy atom. The van der Waals surface area contributed by atoms with Crippen LogP contribution in [0.25, 0.3) is 22.3 Å². The predicted octanol–water partition coefficient (Wildman–Crippen LogP) is 9.81. The van der Waals surface area contributed by atoms with Crippen LogP contribution in [0.3, 0.4) is 0 Å². The smallest absolute Gasteiger partial charge is 0.201 e. The zero-order valence-electron chi connectivity index (χ0n) is 22.8. The molecule has 0 aliphatic heterocycles. The highest BCUT2D eigenvalue weighted by Gasteiger charge is 2.32. The Balaban J connectivity index is 1.27. The lowest BCUT2D eigenvalue weighted by Gasteiger charge is -2.38. The molecule has 2 aliphatic carbocycles. The van der Waals surface area contributed by atoms with Gasteiger partial charge < -0.3 is 4.74 Å². The predicted molar refractivity (Wildman–Crippen MR) is 154 cm³/mol. The molecule has 0 N–H and O–H groups in total. The van der Waals surface area contributed by atoms with Crippen LogP contribution >= 0.6 is 0 Å². The molecule has 0 amide bonds. The van der Waals surface area contributed by atoms with E-state index in [0.29, 0.717) is 28.5 Å². The van der Waals surface area contributed by atoms with Crippen molar-refractivity contribution in [1.82, 2.24) is 0 Å². The Kier molecular flexibility index (Phi) is 9.02. The van der Waals surface area contributed by atoms with Crippen LogP contribution < -0.4 is 4.74 Å². The SMILES string of the molecule is [B]CC1CCC(C2CCC(c3ccc(-c4ccc(-c5ccc(OCC=C)c(F)c5F)cc4)c(F)c3F)CC2)CC1. The van der Waals surface area contributed by atoms with Crippen molar-refractivity contribution in [3.63, 3.8) is 0 Å². The van der Waals surface area contributed by atoms with E-state index in [1.54, 1.807) is 36.4 Å². The van der Waals surface area contributed by atoms with Crippen LogP contribution in [0.15, 0.2) is 61.2 Å². The highest BCUT2D eigenvalue weighted by Crippen LogP contribution is 2.45. The zero-order chi connectivity index (χ0) is 28.2. The van der Waals surface area contributed by atoms with E-state index in [4.69, 9.17) is 12.6 Å². The van der Waals surface area contributed by atoms with Crippen LogP contribution in [0, 0.1) is 41.0 Å². The number of rotatable bonds is 8. The van der Waals surface area contributed by atoms with Gasteiger partial charge in [0.05, 0.1) is 7.85 Å². The van der Waals surface area contributed by atoms with Gasteiger partial charge in [0.25, 0.3) is 0 Å². The fourth-order valence-corrected chi connectivity index (χ4v) is 6.74. The normalized spacial score (nSPS) is 23.1. The highest BCUT2D eigenvalue weighted by molar-refractivity contribution is 6.08. The number of ether oxygens (including phenoxy) is 1. The van der Waals surface area contributed by atoms with Crippen molar-refractivity contribution in [2.24, 2.45) is 17.8 Å². The van der Waals surface area contributed by atoms with Gasteiger partial charge in [-0.2, -0.15) is 4.39 Å². The Bertz CT molecular complexity index is 1320. The fourth-order valence-electron chi connectivity index (χ4n) is 6.74. The first kappa shape index (κ1) is 28.5. The Labute approximate surface area is 236 Å². The number of halogens is 4. The van der Waals surface area contributed by atoms with E-state index < -0.39 is 23.3 Å². The molecule has 3 aromatic carbocycles. The summed E-state index contributed by atoms with van der Waals surface area (Å²) < 4.78 is 64.9. The van der Waals surface area contributed by atoms with Crippen LogP contribution in [0.1, 0.15) is 62.8 Å². The molecule has 0 spiro atoms. The van der Waals surface area contributed by atoms with Crippen LogP contribution in [-0.4, -0.2) is 14.5 Å². The summed E-state index contributed by atoms with van der Waals surface area (Å²) in [5.74, 6) is -1.85. The van der Waals surface area contributed by atoms with Crippen molar-refractivity contribution in [2.45, 2.75) is 63.6 Å².